The predicted molar refractivity (Wildman–Crippen MR) is 144 cm³/mol. The number of hydrogen-bond donors (Lipinski definition) is 1. The maximum Gasteiger partial charge on any atom is 0.306 e. The number of carbonyl (C=O) groups excluding carboxylic acids is 1. The van der Waals surface area contributed by atoms with Crippen molar-refractivity contribution < 1.29 is 19.4 Å². The van der Waals surface area contributed by atoms with Gasteiger partial charge in [-0.05, 0) is 64.2 Å². The number of carbonyl (C=O) groups is 2. The number of rotatable bonds is 26. The summed E-state index contributed by atoms with van der Waals surface area (Å²) >= 11 is 0. The van der Waals surface area contributed by atoms with Crippen molar-refractivity contribution in [2.24, 2.45) is 0 Å². The van der Waals surface area contributed by atoms with Crippen LogP contribution in [0.5, 0.6) is 0 Å². The highest BCUT2D eigenvalue weighted by molar-refractivity contribution is 5.69. The number of carboxylic acid groups (broad SMARTS) is 1. The molecule has 0 bridgehead atoms. The van der Waals surface area contributed by atoms with Gasteiger partial charge >= 0.3 is 11.9 Å². The molecule has 0 saturated heterocycles. The summed E-state index contributed by atoms with van der Waals surface area (Å²) in [5, 5.41) is 8.76. The fourth-order valence-corrected chi connectivity index (χ4v) is 4.29. The third kappa shape index (κ3) is 25.3. The van der Waals surface area contributed by atoms with Crippen LogP contribution in [0.1, 0.15) is 162 Å². The summed E-state index contributed by atoms with van der Waals surface area (Å²) < 4.78 is 5.81. The van der Waals surface area contributed by atoms with Crippen molar-refractivity contribution in [3.05, 3.63) is 12.2 Å². The number of esters is 1. The number of ether oxygens (including phenoxy) is 1. The fourth-order valence-electron chi connectivity index (χ4n) is 4.29. The van der Waals surface area contributed by atoms with Gasteiger partial charge in [0.05, 0.1) is 0 Å². The van der Waals surface area contributed by atoms with Crippen LogP contribution in [0.3, 0.4) is 0 Å². The summed E-state index contributed by atoms with van der Waals surface area (Å²) in [6.07, 6.45) is 29.4. The Morgan fingerprint density at radius 2 is 1.06 bits per heavy atom. The van der Waals surface area contributed by atoms with Gasteiger partial charge in [-0.1, -0.05) is 96.6 Å². The van der Waals surface area contributed by atoms with Crippen LogP contribution in [0.25, 0.3) is 0 Å². The van der Waals surface area contributed by atoms with E-state index in [1.807, 2.05) is 0 Å². The van der Waals surface area contributed by atoms with Gasteiger partial charge in [-0.25, -0.2) is 0 Å². The molecular formula is C30H56O4. The highest BCUT2D eigenvalue weighted by atomic mass is 16.5. The van der Waals surface area contributed by atoms with Crippen molar-refractivity contribution in [1.29, 1.82) is 0 Å². The van der Waals surface area contributed by atoms with Gasteiger partial charge in [-0.2, -0.15) is 0 Å². The summed E-state index contributed by atoms with van der Waals surface area (Å²) in [6.45, 7) is 4.46. The summed E-state index contributed by atoms with van der Waals surface area (Å²) in [5.74, 6) is -0.778. The Labute approximate surface area is 211 Å². The van der Waals surface area contributed by atoms with Gasteiger partial charge in [0.2, 0.25) is 0 Å². The molecule has 0 rings (SSSR count). The maximum absolute atomic E-state index is 12.3. The zero-order chi connectivity index (χ0) is 25.1. The molecule has 0 aromatic heterocycles. The molecule has 200 valence electrons. The molecule has 0 aliphatic rings. The maximum atomic E-state index is 12.3. The second-order valence-electron chi connectivity index (χ2n) is 9.94. The quantitative estimate of drug-likeness (QED) is 0.0760. The molecule has 0 amide bonds. The molecular weight excluding hydrogens is 424 g/mol. The summed E-state index contributed by atoms with van der Waals surface area (Å²) in [4.78, 5) is 23.0. The van der Waals surface area contributed by atoms with Crippen LogP contribution in [0.15, 0.2) is 12.2 Å². The number of carboxylic acids is 1. The lowest BCUT2D eigenvalue weighted by Crippen LogP contribution is -2.18. The van der Waals surface area contributed by atoms with E-state index in [1.54, 1.807) is 0 Å². The SMILES string of the molecule is CCCCCCC/C=C\CCCCCCCC(=O)OC(CCCCCC)CCCCCC(=O)O. The van der Waals surface area contributed by atoms with Crippen molar-refractivity contribution in [2.45, 2.75) is 168 Å². The fraction of sp³-hybridized carbons (Fsp3) is 0.867. The van der Waals surface area contributed by atoms with Gasteiger partial charge in [0.25, 0.3) is 0 Å². The normalized spacial score (nSPS) is 12.3. The first-order valence-electron chi connectivity index (χ1n) is 14.7. The van der Waals surface area contributed by atoms with Gasteiger partial charge in [0.15, 0.2) is 0 Å². The molecule has 1 unspecified atom stereocenters. The van der Waals surface area contributed by atoms with Crippen molar-refractivity contribution in [3.8, 4) is 0 Å². The largest absolute Gasteiger partial charge is 0.481 e. The van der Waals surface area contributed by atoms with Crippen molar-refractivity contribution >= 4 is 11.9 Å². The van der Waals surface area contributed by atoms with Crippen molar-refractivity contribution in [2.75, 3.05) is 0 Å². The van der Waals surface area contributed by atoms with Crippen LogP contribution >= 0.6 is 0 Å². The topological polar surface area (TPSA) is 63.6 Å². The standard InChI is InChI=1S/C30H56O4/c1-3-5-7-9-10-11-12-13-14-15-16-17-18-23-27-30(33)34-28(24-20-8-6-4-2)25-21-19-22-26-29(31)32/h12-13,28H,3-11,14-27H2,1-2H3,(H,31,32)/b13-12-. The molecule has 0 saturated carbocycles. The second-order valence-corrected chi connectivity index (χ2v) is 9.94. The number of aliphatic carboxylic acids is 1. The Morgan fingerprint density at radius 1 is 0.618 bits per heavy atom. The molecule has 0 aromatic carbocycles. The Morgan fingerprint density at radius 3 is 1.62 bits per heavy atom. The Hall–Kier alpha value is -1.32. The molecule has 0 heterocycles. The van der Waals surface area contributed by atoms with E-state index in [4.69, 9.17) is 9.84 Å². The third-order valence-corrected chi connectivity index (χ3v) is 6.49. The molecule has 0 fully saturated rings. The highest BCUT2D eigenvalue weighted by Gasteiger charge is 2.14. The Kier molecular flexibility index (Phi) is 25.3. The van der Waals surface area contributed by atoms with E-state index >= 15 is 0 Å². The van der Waals surface area contributed by atoms with Gasteiger partial charge in [0.1, 0.15) is 6.10 Å². The van der Waals surface area contributed by atoms with E-state index in [-0.39, 0.29) is 18.5 Å². The van der Waals surface area contributed by atoms with Crippen LogP contribution in [0.4, 0.5) is 0 Å². The zero-order valence-corrected chi connectivity index (χ0v) is 22.7. The molecule has 4 heteroatoms. The van der Waals surface area contributed by atoms with E-state index < -0.39 is 5.97 Å². The smallest absolute Gasteiger partial charge is 0.306 e. The monoisotopic (exact) mass is 480 g/mol. The van der Waals surface area contributed by atoms with E-state index in [9.17, 15) is 9.59 Å². The first kappa shape index (κ1) is 32.7. The summed E-state index contributed by atoms with van der Waals surface area (Å²) in [6, 6.07) is 0. The number of hydrogen-bond acceptors (Lipinski definition) is 3. The predicted octanol–water partition coefficient (Wildman–Crippen LogP) is 9.55. The minimum absolute atomic E-state index is 0.00705. The van der Waals surface area contributed by atoms with Crippen LogP contribution in [-0.2, 0) is 14.3 Å². The molecule has 0 aromatic rings. The van der Waals surface area contributed by atoms with Crippen molar-refractivity contribution in [3.63, 3.8) is 0 Å². The molecule has 0 spiro atoms. The average Bonchev–Trinajstić information content (AvgIpc) is 2.81. The number of unbranched alkanes of at least 4 members (excludes halogenated alkanes) is 15. The van der Waals surface area contributed by atoms with E-state index in [2.05, 4.69) is 26.0 Å². The van der Waals surface area contributed by atoms with E-state index in [1.165, 1.54) is 83.5 Å². The minimum atomic E-state index is -0.729. The Balaban J connectivity index is 3.81. The van der Waals surface area contributed by atoms with Gasteiger partial charge in [-0.3, -0.25) is 9.59 Å². The van der Waals surface area contributed by atoms with Crippen LogP contribution in [-0.4, -0.2) is 23.1 Å². The lowest BCUT2D eigenvalue weighted by atomic mass is 10.0. The number of allylic oxidation sites excluding steroid dienone is 2. The molecule has 4 nitrogen and oxygen atoms in total. The van der Waals surface area contributed by atoms with Crippen molar-refractivity contribution in [1.82, 2.24) is 0 Å². The lowest BCUT2D eigenvalue weighted by molar-refractivity contribution is -0.150. The van der Waals surface area contributed by atoms with Crippen LogP contribution in [0, 0.1) is 0 Å². The minimum Gasteiger partial charge on any atom is -0.481 e. The highest BCUT2D eigenvalue weighted by Crippen LogP contribution is 2.17. The van der Waals surface area contributed by atoms with E-state index in [0.717, 1.165) is 44.9 Å². The van der Waals surface area contributed by atoms with Gasteiger partial charge < -0.3 is 9.84 Å². The molecule has 0 radical (unpaired) electrons. The lowest BCUT2D eigenvalue weighted by Gasteiger charge is -2.18. The van der Waals surface area contributed by atoms with Gasteiger partial charge in [-0.15, -0.1) is 0 Å². The second kappa shape index (κ2) is 26.3. The third-order valence-electron chi connectivity index (χ3n) is 6.49. The summed E-state index contributed by atoms with van der Waals surface area (Å²) in [5.41, 5.74) is 0. The Bertz CT molecular complexity index is 486. The average molecular weight is 481 g/mol. The van der Waals surface area contributed by atoms with Crippen LogP contribution < -0.4 is 0 Å². The van der Waals surface area contributed by atoms with Gasteiger partial charge in [0, 0.05) is 12.8 Å². The zero-order valence-electron chi connectivity index (χ0n) is 22.7. The first-order valence-corrected chi connectivity index (χ1v) is 14.7. The van der Waals surface area contributed by atoms with E-state index in [0.29, 0.717) is 12.8 Å². The molecule has 0 aliphatic heterocycles. The molecule has 1 N–H and O–H groups in total. The van der Waals surface area contributed by atoms with Crippen LogP contribution in [0.2, 0.25) is 0 Å². The molecule has 34 heavy (non-hydrogen) atoms. The summed E-state index contributed by atoms with van der Waals surface area (Å²) in [7, 11) is 0. The first-order chi connectivity index (χ1) is 16.6. The molecule has 1 atom stereocenters. The molecule has 0 aliphatic carbocycles.